The van der Waals surface area contributed by atoms with Gasteiger partial charge in [0, 0.05) is 5.54 Å². The molecule has 0 amide bonds. The number of hydrogen-bond acceptors (Lipinski definition) is 3. The fourth-order valence-electron chi connectivity index (χ4n) is 1.38. The summed E-state index contributed by atoms with van der Waals surface area (Å²) in [4.78, 5) is 10.5. The second-order valence-corrected chi connectivity index (χ2v) is 3.55. The second kappa shape index (κ2) is 2.46. The van der Waals surface area contributed by atoms with E-state index < -0.39 is 12.0 Å². The minimum atomic E-state index is -0.946. The first kappa shape index (κ1) is 8.49. The van der Waals surface area contributed by atoms with Gasteiger partial charge in [0.1, 0.15) is 6.04 Å². The third kappa shape index (κ3) is 1.36. The first-order chi connectivity index (χ1) is 4.95. The van der Waals surface area contributed by atoms with E-state index in [1.54, 1.807) is 0 Å². The van der Waals surface area contributed by atoms with E-state index in [1.807, 2.05) is 13.8 Å². The molecule has 0 aromatic rings. The first-order valence-electron chi connectivity index (χ1n) is 3.66. The molecule has 0 radical (unpaired) electrons. The molecule has 1 heterocycles. The molecule has 4 nitrogen and oxygen atoms in total. The van der Waals surface area contributed by atoms with E-state index in [0.29, 0.717) is 6.42 Å². The van der Waals surface area contributed by atoms with Gasteiger partial charge in [-0.3, -0.25) is 4.79 Å². The highest BCUT2D eigenvalue weighted by Gasteiger charge is 2.42. The molecule has 0 saturated carbocycles. The molecule has 2 N–H and O–H groups in total. The Morgan fingerprint density at radius 2 is 2.18 bits per heavy atom. The van der Waals surface area contributed by atoms with Crippen LogP contribution in [0.1, 0.15) is 26.7 Å². The van der Waals surface area contributed by atoms with Gasteiger partial charge in [-0.1, -0.05) is 0 Å². The van der Waals surface area contributed by atoms with Gasteiger partial charge >= 0.3 is 5.97 Å². The Morgan fingerprint density at radius 3 is 2.36 bits per heavy atom. The Morgan fingerprint density at radius 1 is 1.64 bits per heavy atom. The van der Waals surface area contributed by atoms with Crippen LogP contribution < -0.4 is 0 Å². The van der Waals surface area contributed by atoms with Crippen molar-refractivity contribution in [1.82, 2.24) is 5.06 Å². The summed E-state index contributed by atoms with van der Waals surface area (Å²) in [5, 5.41) is 18.9. The van der Waals surface area contributed by atoms with Gasteiger partial charge in [-0.05, 0) is 26.7 Å². The molecule has 1 fully saturated rings. The maximum absolute atomic E-state index is 10.5. The Balaban J connectivity index is 2.71. The van der Waals surface area contributed by atoms with E-state index in [-0.39, 0.29) is 5.54 Å². The van der Waals surface area contributed by atoms with Crippen LogP contribution in [0.5, 0.6) is 0 Å². The Kier molecular flexibility index (Phi) is 1.90. The minimum Gasteiger partial charge on any atom is -0.480 e. The van der Waals surface area contributed by atoms with Crippen molar-refractivity contribution in [2.24, 2.45) is 0 Å². The molecule has 11 heavy (non-hydrogen) atoms. The fraction of sp³-hybridized carbons (Fsp3) is 0.857. The standard InChI is InChI=1S/C7H13NO3/c1-7(2)4-3-5(6(9)10)8(7)11/h5,11H,3-4H2,1-2H3,(H,9,10)/t5-/m0/s1. The summed E-state index contributed by atoms with van der Waals surface area (Å²) in [7, 11) is 0. The topological polar surface area (TPSA) is 60.8 Å². The molecule has 1 aliphatic heterocycles. The average Bonchev–Trinajstić information content (AvgIpc) is 2.09. The monoisotopic (exact) mass is 159 g/mol. The molecule has 64 valence electrons. The van der Waals surface area contributed by atoms with Crippen LogP contribution in [0.15, 0.2) is 0 Å². The van der Waals surface area contributed by atoms with E-state index >= 15 is 0 Å². The van der Waals surface area contributed by atoms with Crippen LogP contribution >= 0.6 is 0 Å². The second-order valence-electron chi connectivity index (χ2n) is 3.55. The molecule has 1 saturated heterocycles. The molecule has 0 spiro atoms. The predicted octanol–water partition coefficient (Wildman–Crippen LogP) is 0.703. The lowest BCUT2D eigenvalue weighted by atomic mass is 10.0. The summed E-state index contributed by atoms with van der Waals surface area (Å²) in [6.45, 7) is 3.66. The zero-order chi connectivity index (χ0) is 8.65. The molecule has 0 aromatic heterocycles. The third-order valence-corrected chi connectivity index (χ3v) is 2.23. The van der Waals surface area contributed by atoms with Crippen LogP contribution in [0.2, 0.25) is 0 Å². The maximum Gasteiger partial charge on any atom is 0.323 e. The molecule has 4 heteroatoms. The molecular weight excluding hydrogens is 146 g/mol. The highest BCUT2D eigenvalue weighted by atomic mass is 16.5. The number of hydroxylamine groups is 2. The number of aliphatic carboxylic acids is 1. The van der Waals surface area contributed by atoms with Crippen molar-refractivity contribution in [3.05, 3.63) is 0 Å². The van der Waals surface area contributed by atoms with Crippen molar-refractivity contribution in [2.75, 3.05) is 0 Å². The van der Waals surface area contributed by atoms with Gasteiger partial charge in [-0.15, -0.1) is 0 Å². The van der Waals surface area contributed by atoms with Crippen molar-refractivity contribution in [3.8, 4) is 0 Å². The minimum absolute atomic E-state index is 0.386. The van der Waals surface area contributed by atoms with Crippen molar-refractivity contribution >= 4 is 5.97 Å². The molecule has 0 unspecified atom stereocenters. The number of carboxylic acids is 1. The summed E-state index contributed by atoms with van der Waals surface area (Å²) in [6.07, 6.45) is 1.25. The Bertz CT molecular complexity index is 179. The largest absolute Gasteiger partial charge is 0.480 e. The zero-order valence-corrected chi connectivity index (χ0v) is 6.74. The predicted molar refractivity (Wildman–Crippen MR) is 38.4 cm³/mol. The highest BCUT2D eigenvalue weighted by molar-refractivity contribution is 5.73. The fourth-order valence-corrected chi connectivity index (χ4v) is 1.38. The number of hydrogen-bond donors (Lipinski definition) is 2. The lowest BCUT2D eigenvalue weighted by molar-refractivity contribution is -0.184. The SMILES string of the molecule is CC1(C)CC[C@@H](C(=O)O)N1O. The number of carbonyl (C=O) groups is 1. The van der Waals surface area contributed by atoms with Crippen LogP contribution in [0.25, 0.3) is 0 Å². The molecule has 1 rings (SSSR count). The van der Waals surface area contributed by atoms with Crippen molar-refractivity contribution in [3.63, 3.8) is 0 Å². The van der Waals surface area contributed by atoms with Gasteiger partial charge < -0.3 is 10.3 Å². The first-order valence-corrected chi connectivity index (χ1v) is 3.66. The zero-order valence-electron chi connectivity index (χ0n) is 6.74. The van der Waals surface area contributed by atoms with Crippen LogP contribution in [-0.4, -0.2) is 32.9 Å². The molecule has 0 aliphatic carbocycles. The summed E-state index contributed by atoms with van der Waals surface area (Å²) in [5.74, 6) is -0.946. The molecule has 0 aromatic carbocycles. The van der Waals surface area contributed by atoms with Gasteiger partial charge in [-0.25, -0.2) is 0 Å². The van der Waals surface area contributed by atoms with Crippen molar-refractivity contribution < 1.29 is 15.1 Å². The van der Waals surface area contributed by atoms with E-state index in [4.69, 9.17) is 5.11 Å². The summed E-state index contributed by atoms with van der Waals surface area (Å²) < 4.78 is 0. The van der Waals surface area contributed by atoms with E-state index in [2.05, 4.69) is 0 Å². The normalized spacial score (nSPS) is 30.6. The Labute approximate surface area is 65.4 Å². The summed E-state index contributed by atoms with van der Waals surface area (Å²) in [5.41, 5.74) is -0.386. The average molecular weight is 159 g/mol. The van der Waals surface area contributed by atoms with Crippen LogP contribution in [0.4, 0.5) is 0 Å². The highest BCUT2D eigenvalue weighted by Crippen LogP contribution is 2.31. The third-order valence-electron chi connectivity index (χ3n) is 2.23. The Hall–Kier alpha value is -0.610. The molecular formula is C7H13NO3. The number of nitrogens with zero attached hydrogens (tertiary/aromatic N) is 1. The van der Waals surface area contributed by atoms with E-state index in [0.717, 1.165) is 11.5 Å². The van der Waals surface area contributed by atoms with Crippen LogP contribution in [-0.2, 0) is 4.79 Å². The van der Waals surface area contributed by atoms with Crippen LogP contribution in [0, 0.1) is 0 Å². The summed E-state index contributed by atoms with van der Waals surface area (Å²) in [6, 6.07) is -0.718. The van der Waals surface area contributed by atoms with Crippen molar-refractivity contribution in [1.29, 1.82) is 0 Å². The lowest BCUT2D eigenvalue weighted by Crippen LogP contribution is -2.43. The molecule has 1 atom stereocenters. The van der Waals surface area contributed by atoms with Gasteiger partial charge in [-0.2, -0.15) is 5.06 Å². The van der Waals surface area contributed by atoms with Crippen molar-refractivity contribution in [2.45, 2.75) is 38.3 Å². The summed E-state index contributed by atoms with van der Waals surface area (Å²) >= 11 is 0. The van der Waals surface area contributed by atoms with Gasteiger partial charge in [0.05, 0.1) is 0 Å². The molecule has 1 aliphatic rings. The van der Waals surface area contributed by atoms with Gasteiger partial charge in [0.25, 0.3) is 0 Å². The lowest BCUT2D eigenvalue weighted by Gasteiger charge is -2.27. The van der Waals surface area contributed by atoms with Crippen LogP contribution in [0.3, 0.4) is 0 Å². The quantitative estimate of drug-likeness (QED) is 0.591. The molecule has 0 bridgehead atoms. The number of carboxylic acid groups (broad SMARTS) is 1. The van der Waals surface area contributed by atoms with Gasteiger partial charge in [0.2, 0.25) is 0 Å². The van der Waals surface area contributed by atoms with E-state index in [9.17, 15) is 10.0 Å². The maximum atomic E-state index is 10.5. The van der Waals surface area contributed by atoms with Gasteiger partial charge in [0.15, 0.2) is 0 Å². The van der Waals surface area contributed by atoms with E-state index in [1.165, 1.54) is 0 Å². The smallest absolute Gasteiger partial charge is 0.323 e. The number of rotatable bonds is 1.